The normalized spacial score (nSPS) is 45.5. The van der Waals surface area contributed by atoms with Crippen LogP contribution in [0.25, 0.3) is 0 Å². The minimum absolute atomic E-state index is 0.0366. The van der Waals surface area contributed by atoms with Crippen LogP contribution in [0.15, 0.2) is 27.6 Å². The van der Waals surface area contributed by atoms with Crippen LogP contribution in [-0.4, -0.2) is 64.7 Å². The molecule has 6 rings (SSSR count). The molecule has 1 aliphatic heterocycles. The molecule has 0 aromatic carbocycles. The Bertz CT molecular complexity index is 1080. The fraction of sp³-hybridized carbons (Fsp3) is 0.793. The summed E-state index contributed by atoms with van der Waals surface area (Å²) in [5.41, 5.74) is -1.56. The van der Waals surface area contributed by atoms with Gasteiger partial charge in [-0.05, 0) is 92.6 Å². The molecule has 0 bridgehead atoms. The maximum absolute atomic E-state index is 12.8. The number of hydrogen-bond donors (Lipinski definition) is 3. The third-order valence-corrected chi connectivity index (χ3v) is 11.7. The minimum Gasteiger partial charge on any atom is -0.431 e. The highest BCUT2D eigenvalue weighted by molar-refractivity contribution is 5.74. The topological polar surface area (TPSA) is 112 Å². The molecule has 37 heavy (non-hydrogen) atoms. The van der Waals surface area contributed by atoms with Gasteiger partial charge in [0.25, 0.3) is 0 Å². The van der Waals surface area contributed by atoms with Crippen LogP contribution in [0.3, 0.4) is 0 Å². The van der Waals surface area contributed by atoms with Crippen LogP contribution in [0, 0.1) is 22.7 Å². The zero-order valence-electron chi connectivity index (χ0n) is 22.2. The summed E-state index contributed by atoms with van der Waals surface area (Å²) in [5, 5.41) is 27.7. The molecule has 1 aromatic rings. The van der Waals surface area contributed by atoms with E-state index in [1.807, 2.05) is 11.0 Å². The number of urea groups is 1. The molecule has 4 saturated carbocycles. The Morgan fingerprint density at radius 1 is 0.973 bits per heavy atom. The molecule has 0 radical (unpaired) electrons. The van der Waals surface area contributed by atoms with E-state index in [1.165, 1.54) is 6.07 Å². The van der Waals surface area contributed by atoms with Crippen molar-refractivity contribution in [2.75, 3.05) is 26.3 Å². The lowest BCUT2D eigenvalue weighted by molar-refractivity contribution is -0.247. The molecule has 8 atom stereocenters. The Morgan fingerprint density at radius 3 is 2.43 bits per heavy atom. The second-order valence-corrected chi connectivity index (χ2v) is 13.0. The van der Waals surface area contributed by atoms with Crippen LogP contribution in [0.4, 0.5) is 4.79 Å². The summed E-state index contributed by atoms with van der Waals surface area (Å²) < 4.78 is 10.6. The summed E-state index contributed by atoms with van der Waals surface area (Å²) in [6.45, 7) is 6.84. The van der Waals surface area contributed by atoms with Crippen molar-refractivity contribution in [3.05, 3.63) is 34.4 Å². The Balaban J connectivity index is 1.20. The summed E-state index contributed by atoms with van der Waals surface area (Å²) in [5.74, 6) is 0.534. The van der Waals surface area contributed by atoms with Crippen LogP contribution in [0.1, 0.15) is 83.1 Å². The monoisotopic (exact) mass is 514 g/mol. The van der Waals surface area contributed by atoms with Gasteiger partial charge in [0.05, 0.1) is 30.7 Å². The van der Waals surface area contributed by atoms with E-state index in [0.29, 0.717) is 39.1 Å². The van der Waals surface area contributed by atoms with Gasteiger partial charge < -0.3 is 29.6 Å². The average molecular weight is 515 g/mol. The van der Waals surface area contributed by atoms with Gasteiger partial charge in [0.1, 0.15) is 0 Å². The summed E-state index contributed by atoms with van der Waals surface area (Å²) in [4.78, 5) is 26.2. The van der Waals surface area contributed by atoms with E-state index < -0.39 is 11.2 Å². The van der Waals surface area contributed by atoms with Crippen LogP contribution in [-0.2, 0) is 4.74 Å². The molecule has 5 fully saturated rings. The molecule has 204 valence electrons. The maximum Gasteiger partial charge on any atom is 0.335 e. The number of aliphatic hydroxyl groups is 2. The smallest absolute Gasteiger partial charge is 0.335 e. The fourth-order valence-electron chi connectivity index (χ4n) is 9.48. The highest BCUT2D eigenvalue weighted by Crippen LogP contribution is 2.71. The standard InChI is InChI=1S/C29H42N2O6/c1-26-9-5-20(30-25(33)31-13-15-36-16-14-31)17-28(26,34)11-7-23-22(26)6-10-27(2)21(8-12-29(23,27)35)19-3-4-24(32)37-18-19/h3-4,18,20-23,34-35H,5-17H2,1-2H3,(H,30,33)/t20-,21+,22-,23+,26+,27+,28-,29-/m0/s1. The van der Waals surface area contributed by atoms with Crippen molar-refractivity contribution < 1.29 is 24.2 Å². The molecule has 5 aliphatic rings. The first-order chi connectivity index (χ1) is 17.6. The number of rotatable bonds is 2. The van der Waals surface area contributed by atoms with Crippen LogP contribution >= 0.6 is 0 Å². The maximum atomic E-state index is 12.8. The Labute approximate surface area is 218 Å². The highest BCUT2D eigenvalue weighted by atomic mass is 16.5. The van der Waals surface area contributed by atoms with E-state index in [1.54, 1.807) is 6.26 Å². The largest absolute Gasteiger partial charge is 0.431 e. The van der Waals surface area contributed by atoms with Gasteiger partial charge in [0, 0.05) is 30.6 Å². The molecular weight excluding hydrogens is 472 g/mol. The molecule has 0 spiro atoms. The average Bonchev–Trinajstić information content (AvgIpc) is 3.17. The number of carbonyl (C=O) groups is 1. The minimum atomic E-state index is -0.847. The van der Waals surface area contributed by atoms with Gasteiger partial charge in [-0.15, -0.1) is 0 Å². The van der Waals surface area contributed by atoms with Crippen molar-refractivity contribution in [2.45, 2.75) is 94.8 Å². The van der Waals surface area contributed by atoms with Gasteiger partial charge in [-0.1, -0.05) is 13.8 Å². The molecular formula is C29H42N2O6. The second kappa shape index (κ2) is 8.82. The third-order valence-electron chi connectivity index (χ3n) is 11.7. The molecule has 2 heterocycles. The van der Waals surface area contributed by atoms with E-state index in [0.717, 1.165) is 50.5 Å². The number of fused-ring (bicyclic) bond motifs is 5. The van der Waals surface area contributed by atoms with Gasteiger partial charge in [-0.2, -0.15) is 0 Å². The van der Waals surface area contributed by atoms with E-state index in [4.69, 9.17) is 9.15 Å². The first kappa shape index (κ1) is 25.4. The van der Waals surface area contributed by atoms with Crippen molar-refractivity contribution in [1.82, 2.24) is 10.2 Å². The summed E-state index contributed by atoms with van der Waals surface area (Å²) in [6.07, 6.45) is 8.77. The number of ether oxygens (including phenoxy) is 1. The molecule has 8 heteroatoms. The van der Waals surface area contributed by atoms with E-state index >= 15 is 0 Å². The van der Waals surface area contributed by atoms with Gasteiger partial charge >= 0.3 is 11.7 Å². The number of morpholine rings is 1. The first-order valence-corrected chi connectivity index (χ1v) is 14.3. The molecule has 2 amide bonds. The van der Waals surface area contributed by atoms with E-state index in [2.05, 4.69) is 19.2 Å². The van der Waals surface area contributed by atoms with Crippen LogP contribution < -0.4 is 10.9 Å². The lowest BCUT2D eigenvalue weighted by Gasteiger charge is -2.66. The summed E-state index contributed by atoms with van der Waals surface area (Å²) >= 11 is 0. The fourth-order valence-corrected chi connectivity index (χ4v) is 9.48. The van der Waals surface area contributed by atoms with E-state index in [9.17, 15) is 19.8 Å². The van der Waals surface area contributed by atoms with Gasteiger partial charge in [0.2, 0.25) is 0 Å². The van der Waals surface area contributed by atoms with Crippen molar-refractivity contribution >= 4 is 6.03 Å². The van der Waals surface area contributed by atoms with Crippen molar-refractivity contribution in [3.8, 4) is 0 Å². The van der Waals surface area contributed by atoms with Gasteiger partial charge in [-0.3, -0.25) is 0 Å². The quantitative estimate of drug-likeness (QED) is 0.558. The lowest BCUT2D eigenvalue weighted by atomic mass is 9.42. The summed E-state index contributed by atoms with van der Waals surface area (Å²) in [6, 6.07) is 3.27. The SMILES string of the molecule is C[C@]12CC[C@H](NC(=O)N3CCOCC3)C[C@@]1(O)CC[C@@H]1[C@@H]2CC[C@]2(C)[C@@H](c3ccc(=O)oc3)CC[C@]12O. The second-order valence-electron chi connectivity index (χ2n) is 13.0. The molecule has 8 nitrogen and oxygen atoms in total. The van der Waals surface area contributed by atoms with Crippen LogP contribution in [0.5, 0.6) is 0 Å². The number of nitrogens with one attached hydrogen (secondary N) is 1. The Kier molecular flexibility index (Phi) is 6.05. The molecule has 0 unspecified atom stereocenters. The molecule has 3 N–H and O–H groups in total. The number of nitrogens with zero attached hydrogens (tertiary/aromatic N) is 1. The van der Waals surface area contributed by atoms with Gasteiger partial charge in [-0.25, -0.2) is 9.59 Å². The predicted octanol–water partition coefficient (Wildman–Crippen LogP) is 3.41. The number of hydrogen-bond acceptors (Lipinski definition) is 6. The predicted molar refractivity (Wildman–Crippen MR) is 137 cm³/mol. The van der Waals surface area contributed by atoms with Crippen LogP contribution in [0.2, 0.25) is 0 Å². The number of carbonyl (C=O) groups excluding carboxylic acids is 1. The Hall–Kier alpha value is -1.90. The van der Waals surface area contributed by atoms with E-state index in [-0.39, 0.29) is 46.3 Å². The first-order valence-electron chi connectivity index (χ1n) is 14.3. The molecule has 1 saturated heterocycles. The van der Waals surface area contributed by atoms with Crippen molar-refractivity contribution in [3.63, 3.8) is 0 Å². The summed E-state index contributed by atoms with van der Waals surface area (Å²) in [7, 11) is 0. The number of amides is 2. The zero-order chi connectivity index (χ0) is 26.1. The van der Waals surface area contributed by atoms with Gasteiger partial charge in [0.15, 0.2) is 0 Å². The lowest BCUT2D eigenvalue weighted by Crippen LogP contribution is -2.68. The van der Waals surface area contributed by atoms with Crippen molar-refractivity contribution in [1.29, 1.82) is 0 Å². The van der Waals surface area contributed by atoms with Crippen molar-refractivity contribution in [2.24, 2.45) is 22.7 Å². The molecule has 1 aromatic heterocycles. The molecule has 4 aliphatic carbocycles. The third kappa shape index (κ3) is 3.73. The Morgan fingerprint density at radius 2 is 1.70 bits per heavy atom. The zero-order valence-corrected chi connectivity index (χ0v) is 22.2. The highest BCUT2D eigenvalue weighted by Gasteiger charge is 2.70.